The molecule has 2 rings (SSSR count). The molecule has 2 atom stereocenters. The van der Waals surface area contributed by atoms with Gasteiger partial charge in [0.2, 0.25) is 0 Å². The second-order valence-electron chi connectivity index (χ2n) is 3.74. The molecule has 3 heteroatoms. The van der Waals surface area contributed by atoms with Gasteiger partial charge in [0.25, 0.3) is 0 Å². The molecule has 2 unspecified atom stereocenters. The van der Waals surface area contributed by atoms with Crippen LogP contribution in [0.3, 0.4) is 0 Å². The fourth-order valence-electron chi connectivity index (χ4n) is 1.88. The molecular formula is C12H12FNO. The fourth-order valence-corrected chi connectivity index (χ4v) is 1.88. The molecule has 1 heterocycles. The summed E-state index contributed by atoms with van der Waals surface area (Å²) in [6, 6.07) is 8.48. The van der Waals surface area contributed by atoms with Gasteiger partial charge in [-0.25, -0.2) is 4.39 Å². The molecule has 0 aliphatic carbocycles. The zero-order chi connectivity index (χ0) is 10.7. The summed E-state index contributed by atoms with van der Waals surface area (Å²) in [6.45, 7) is 0. The minimum atomic E-state index is -0.231. The number of halogens is 1. The Morgan fingerprint density at radius 2 is 2.07 bits per heavy atom. The molecule has 1 aromatic rings. The lowest BCUT2D eigenvalue weighted by molar-refractivity contribution is 0.0475. The Bertz CT molecular complexity index is 368. The number of nitrogens with zero attached hydrogens (tertiary/aromatic N) is 1. The molecule has 1 saturated heterocycles. The molecule has 0 bridgehead atoms. The van der Waals surface area contributed by atoms with E-state index in [4.69, 9.17) is 10.00 Å². The van der Waals surface area contributed by atoms with Gasteiger partial charge in [-0.2, -0.15) is 5.26 Å². The van der Waals surface area contributed by atoms with E-state index in [1.807, 2.05) is 0 Å². The highest BCUT2D eigenvalue weighted by molar-refractivity contribution is 5.19. The zero-order valence-corrected chi connectivity index (χ0v) is 8.32. The van der Waals surface area contributed by atoms with Crippen LogP contribution < -0.4 is 0 Å². The van der Waals surface area contributed by atoms with E-state index < -0.39 is 0 Å². The van der Waals surface area contributed by atoms with E-state index in [1.54, 1.807) is 12.1 Å². The molecule has 0 N–H and O–H groups in total. The van der Waals surface area contributed by atoms with Gasteiger partial charge in [0, 0.05) is 0 Å². The third-order valence-electron chi connectivity index (χ3n) is 2.67. The Balaban J connectivity index is 2.02. The predicted octanol–water partition coefficient (Wildman–Crippen LogP) is 2.96. The highest BCUT2D eigenvalue weighted by Gasteiger charge is 2.25. The van der Waals surface area contributed by atoms with E-state index >= 15 is 0 Å². The van der Waals surface area contributed by atoms with Gasteiger partial charge in [-0.1, -0.05) is 12.1 Å². The van der Waals surface area contributed by atoms with E-state index in [2.05, 4.69) is 6.07 Å². The van der Waals surface area contributed by atoms with E-state index in [9.17, 15) is 4.39 Å². The maximum atomic E-state index is 12.7. The first-order valence-electron chi connectivity index (χ1n) is 5.07. The molecule has 0 radical (unpaired) electrons. The normalized spacial score (nSPS) is 25.1. The SMILES string of the molecule is N#CCC1CCC(c2ccc(F)cc2)O1. The topological polar surface area (TPSA) is 33.0 Å². The number of nitriles is 1. The van der Waals surface area contributed by atoms with Crippen molar-refractivity contribution in [3.05, 3.63) is 35.6 Å². The quantitative estimate of drug-likeness (QED) is 0.743. The van der Waals surface area contributed by atoms with Crippen LogP contribution in [-0.2, 0) is 4.74 Å². The van der Waals surface area contributed by atoms with Gasteiger partial charge in [-0.3, -0.25) is 0 Å². The highest BCUT2D eigenvalue weighted by atomic mass is 19.1. The molecule has 0 spiro atoms. The van der Waals surface area contributed by atoms with Crippen LogP contribution in [0.25, 0.3) is 0 Å². The Labute approximate surface area is 88.3 Å². The summed E-state index contributed by atoms with van der Waals surface area (Å²) in [5.74, 6) is -0.231. The van der Waals surface area contributed by atoms with E-state index in [-0.39, 0.29) is 18.0 Å². The Kier molecular flexibility index (Phi) is 2.98. The molecule has 1 fully saturated rings. The fraction of sp³-hybridized carbons (Fsp3) is 0.417. The molecule has 78 valence electrons. The second-order valence-corrected chi connectivity index (χ2v) is 3.74. The van der Waals surface area contributed by atoms with E-state index in [0.717, 1.165) is 18.4 Å². The van der Waals surface area contributed by atoms with Gasteiger partial charge in [0.1, 0.15) is 5.82 Å². The molecule has 1 aromatic carbocycles. The molecule has 0 saturated carbocycles. The van der Waals surface area contributed by atoms with Gasteiger partial charge < -0.3 is 4.74 Å². The second kappa shape index (κ2) is 4.41. The van der Waals surface area contributed by atoms with Crippen LogP contribution in [0.4, 0.5) is 4.39 Å². The summed E-state index contributed by atoms with van der Waals surface area (Å²) in [5, 5.41) is 8.54. The van der Waals surface area contributed by atoms with Gasteiger partial charge in [0.15, 0.2) is 0 Å². The third-order valence-corrected chi connectivity index (χ3v) is 2.67. The van der Waals surface area contributed by atoms with Gasteiger partial charge >= 0.3 is 0 Å². The average Bonchev–Trinajstić information content (AvgIpc) is 2.68. The van der Waals surface area contributed by atoms with Gasteiger partial charge in [0.05, 0.1) is 24.7 Å². The maximum absolute atomic E-state index is 12.7. The highest BCUT2D eigenvalue weighted by Crippen LogP contribution is 2.33. The maximum Gasteiger partial charge on any atom is 0.123 e. The lowest BCUT2D eigenvalue weighted by Gasteiger charge is -2.11. The summed E-state index contributed by atoms with van der Waals surface area (Å²) in [6.07, 6.45) is 2.35. The minimum absolute atomic E-state index is 0.0314. The smallest absolute Gasteiger partial charge is 0.123 e. The number of hydrogen-bond donors (Lipinski definition) is 0. The summed E-state index contributed by atoms with van der Waals surface area (Å²) >= 11 is 0. The van der Waals surface area contributed by atoms with Crippen LogP contribution in [-0.4, -0.2) is 6.10 Å². The van der Waals surface area contributed by atoms with E-state index in [1.165, 1.54) is 12.1 Å². The first-order chi connectivity index (χ1) is 7.29. The minimum Gasteiger partial charge on any atom is -0.369 e. The van der Waals surface area contributed by atoms with Gasteiger partial charge in [-0.15, -0.1) is 0 Å². The van der Waals surface area contributed by atoms with Crippen molar-refractivity contribution < 1.29 is 9.13 Å². The molecule has 1 aliphatic rings. The Hall–Kier alpha value is -1.40. The van der Waals surface area contributed by atoms with Crippen molar-refractivity contribution in [3.8, 4) is 6.07 Å². The number of benzene rings is 1. The van der Waals surface area contributed by atoms with Crippen LogP contribution in [0.15, 0.2) is 24.3 Å². The first-order valence-corrected chi connectivity index (χ1v) is 5.07. The molecule has 2 nitrogen and oxygen atoms in total. The first kappa shape index (κ1) is 10.1. The van der Waals surface area contributed by atoms with Crippen LogP contribution in [0, 0.1) is 17.1 Å². The van der Waals surface area contributed by atoms with Crippen molar-refractivity contribution in [2.24, 2.45) is 0 Å². The van der Waals surface area contributed by atoms with Gasteiger partial charge in [-0.05, 0) is 30.5 Å². The van der Waals surface area contributed by atoms with Crippen molar-refractivity contribution in [2.75, 3.05) is 0 Å². The summed E-state index contributed by atoms with van der Waals surface area (Å²) < 4.78 is 18.4. The summed E-state index contributed by atoms with van der Waals surface area (Å²) in [4.78, 5) is 0. The molecule has 1 aliphatic heterocycles. The Morgan fingerprint density at radius 1 is 1.33 bits per heavy atom. The van der Waals surface area contributed by atoms with Crippen molar-refractivity contribution in [1.82, 2.24) is 0 Å². The molecule has 0 aromatic heterocycles. The third kappa shape index (κ3) is 2.34. The van der Waals surface area contributed by atoms with Crippen LogP contribution in [0.1, 0.15) is 30.9 Å². The van der Waals surface area contributed by atoms with Crippen LogP contribution >= 0.6 is 0 Å². The zero-order valence-electron chi connectivity index (χ0n) is 8.32. The molecule has 15 heavy (non-hydrogen) atoms. The Morgan fingerprint density at radius 3 is 2.73 bits per heavy atom. The molecule has 0 amide bonds. The number of hydrogen-bond acceptors (Lipinski definition) is 2. The van der Waals surface area contributed by atoms with Crippen molar-refractivity contribution in [3.63, 3.8) is 0 Å². The predicted molar refractivity (Wildman–Crippen MR) is 53.5 cm³/mol. The largest absolute Gasteiger partial charge is 0.369 e. The standard InChI is InChI=1S/C12H12FNO/c13-10-3-1-9(2-4-10)12-6-5-11(15-12)7-8-14/h1-4,11-12H,5-7H2. The van der Waals surface area contributed by atoms with Crippen LogP contribution in [0.5, 0.6) is 0 Å². The lowest BCUT2D eigenvalue weighted by atomic mass is 10.1. The van der Waals surface area contributed by atoms with E-state index in [0.29, 0.717) is 6.42 Å². The lowest BCUT2D eigenvalue weighted by Crippen LogP contribution is -2.05. The monoisotopic (exact) mass is 205 g/mol. The average molecular weight is 205 g/mol. The number of rotatable bonds is 2. The van der Waals surface area contributed by atoms with Crippen molar-refractivity contribution in [1.29, 1.82) is 5.26 Å². The van der Waals surface area contributed by atoms with Crippen LogP contribution in [0.2, 0.25) is 0 Å². The summed E-state index contributed by atoms with van der Waals surface area (Å²) in [7, 11) is 0. The molecular weight excluding hydrogens is 193 g/mol. The van der Waals surface area contributed by atoms with Crippen molar-refractivity contribution in [2.45, 2.75) is 31.5 Å². The van der Waals surface area contributed by atoms with Crippen molar-refractivity contribution >= 4 is 0 Å². The number of ether oxygens (including phenoxy) is 1. The summed E-state index contributed by atoms with van der Waals surface area (Å²) in [5.41, 5.74) is 0.997.